The van der Waals surface area contributed by atoms with Crippen molar-refractivity contribution in [2.24, 2.45) is 7.05 Å². The number of pyridine rings is 1. The third-order valence-corrected chi connectivity index (χ3v) is 5.97. The minimum absolute atomic E-state index is 0.222. The Morgan fingerprint density at radius 3 is 2.32 bits per heavy atom. The molecule has 0 aliphatic rings. The van der Waals surface area contributed by atoms with Gasteiger partial charge in [0.1, 0.15) is 12.1 Å². The normalized spacial score (nSPS) is 11.8. The van der Waals surface area contributed by atoms with E-state index in [1.165, 1.54) is 4.57 Å². The number of hydrogen-bond donors (Lipinski definition) is 0. The van der Waals surface area contributed by atoms with Gasteiger partial charge in [0, 0.05) is 35.8 Å². The van der Waals surface area contributed by atoms with E-state index in [4.69, 9.17) is 15.8 Å². The lowest BCUT2D eigenvalue weighted by molar-refractivity contribution is 0.302. The summed E-state index contributed by atoms with van der Waals surface area (Å²) in [4.78, 5) is 13.3. The summed E-state index contributed by atoms with van der Waals surface area (Å²) in [6, 6.07) is 19.0. The van der Waals surface area contributed by atoms with Crippen molar-refractivity contribution in [3.63, 3.8) is 0 Å². The van der Waals surface area contributed by atoms with Gasteiger partial charge in [0.15, 0.2) is 0 Å². The lowest BCUT2D eigenvalue weighted by Crippen LogP contribution is -2.24. The zero-order chi connectivity index (χ0) is 22.2. The summed E-state index contributed by atoms with van der Waals surface area (Å²) in [6.45, 7) is 0.293. The second-order valence-electron chi connectivity index (χ2n) is 7.35. The van der Waals surface area contributed by atoms with Crippen molar-refractivity contribution in [1.29, 1.82) is 0 Å². The summed E-state index contributed by atoms with van der Waals surface area (Å²) in [5, 5.41) is 1.31. The van der Waals surface area contributed by atoms with Gasteiger partial charge in [-0.3, -0.25) is 8.98 Å². The molecule has 0 bridgehead atoms. The standard InChI is InChI=1S/C23H21ClN2O4S/c1-25-20(15-30-31(2,28)29)21(17-8-10-18(24)11-9-17)19-12-13-26(22(19)23(25)27)14-16-6-4-3-5-7-16/h3-13H,14-15H2,1-2H3. The van der Waals surface area contributed by atoms with Gasteiger partial charge in [0.2, 0.25) is 0 Å². The minimum Gasteiger partial charge on any atom is -0.339 e. The van der Waals surface area contributed by atoms with Crippen LogP contribution in [0, 0.1) is 0 Å². The largest absolute Gasteiger partial charge is 0.339 e. The Labute approximate surface area is 185 Å². The molecule has 0 amide bonds. The fourth-order valence-corrected chi connectivity index (χ4v) is 4.15. The van der Waals surface area contributed by atoms with Gasteiger partial charge in [-0.1, -0.05) is 54.1 Å². The second-order valence-corrected chi connectivity index (χ2v) is 9.43. The quantitative estimate of drug-likeness (QED) is 0.408. The van der Waals surface area contributed by atoms with E-state index < -0.39 is 10.1 Å². The van der Waals surface area contributed by atoms with Gasteiger partial charge in [-0.15, -0.1) is 0 Å². The van der Waals surface area contributed by atoms with Gasteiger partial charge >= 0.3 is 0 Å². The zero-order valence-corrected chi connectivity index (χ0v) is 18.7. The highest BCUT2D eigenvalue weighted by molar-refractivity contribution is 7.85. The molecule has 8 heteroatoms. The molecule has 0 fully saturated rings. The zero-order valence-electron chi connectivity index (χ0n) is 17.1. The third-order valence-electron chi connectivity index (χ3n) is 5.17. The van der Waals surface area contributed by atoms with E-state index in [0.29, 0.717) is 22.8 Å². The van der Waals surface area contributed by atoms with Gasteiger partial charge in [0.25, 0.3) is 15.7 Å². The predicted octanol–water partition coefficient (Wildman–Crippen LogP) is 4.18. The van der Waals surface area contributed by atoms with E-state index >= 15 is 0 Å². The summed E-state index contributed by atoms with van der Waals surface area (Å²) in [5.41, 5.74) is 3.42. The number of aromatic nitrogens is 2. The highest BCUT2D eigenvalue weighted by atomic mass is 35.5. The van der Waals surface area contributed by atoms with Crippen LogP contribution in [0.2, 0.25) is 5.02 Å². The first-order valence-electron chi connectivity index (χ1n) is 9.59. The molecule has 0 aliphatic carbocycles. The van der Waals surface area contributed by atoms with Crippen LogP contribution >= 0.6 is 11.6 Å². The molecule has 0 saturated heterocycles. The molecule has 6 nitrogen and oxygen atoms in total. The molecule has 2 heterocycles. The Morgan fingerprint density at radius 2 is 1.68 bits per heavy atom. The maximum atomic E-state index is 13.3. The van der Waals surface area contributed by atoms with Crippen molar-refractivity contribution in [1.82, 2.24) is 9.13 Å². The summed E-state index contributed by atoms with van der Waals surface area (Å²) < 4.78 is 31.7. The molecule has 2 aromatic heterocycles. The van der Waals surface area contributed by atoms with Crippen molar-refractivity contribution < 1.29 is 12.6 Å². The van der Waals surface area contributed by atoms with Crippen LogP contribution in [0.25, 0.3) is 22.0 Å². The van der Waals surface area contributed by atoms with Crippen LogP contribution in [0.15, 0.2) is 71.7 Å². The van der Waals surface area contributed by atoms with Crippen LogP contribution in [0.3, 0.4) is 0 Å². The van der Waals surface area contributed by atoms with Crippen LogP contribution in [0.1, 0.15) is 11.3 Å². The van der Waals surface area contributed by atoms with Crippen molar-refractivity contribution in [3.8, 4) is 11.1 Å². The molecule has 4 aromatic rings. The smallest absolute Gasteiger partial charge is 0.275 e. The first-order valence-corrected chi connectivity index (χ1v) is 11.8. The SMILES string of the molecule is Cn1c(COS(C)(=O)=O)c(-c2ccc(Cl)cc2)c2ccn(Cc3ccccc3)c2c1=O. The average Bonchev–Trinajstić information content (AvgIpc) is 3.14. The van der Waals surface area contributed by atoms with Gasteiger partial charge < -0.3 is 9.13 Å². The molecular formula is C23H21ClN2O4S. The maximum absolute atomic E-state index is 13.3. The summed E-state index contributed by atoms with van der Waals surface area (Å²) in [6.07, 6.45) is 2.86. The van der Waals surface area contributed by atoms with Crippen LogP contribution < -0.4 is 5.56 Å². The highest BCUT2D eigenvalue weighted by Crippen LogP contribution is 2.33. The summed E-state index contributed by atoms with van der Waals surface area (Å²) in [7, 11) is -2.06. The number of nitrogens with zero attached hydrogens (tertiary/aromatic N) is 2. The molecule has 0 radical (unpaired) electrons. The first-order chi connectivity index (χ1) is 14.7. The van der Waals surface area contributed by atoms with Crippen LogP contribution in [0.5, 0.6) is 0 Å². The van der Waals surface area contributed by atoms with E-state index in [0.717, 1.165) is 28.3 Å². The number of fused-ring (bicyclic) bond motifs is 1. The molecule has 0 saturated carbocycles. The lowest BCUT2D eigenvalue weighted by Gasteiger charge is -2.17. The van der Waals surface area contributed by atoms with E-state index in [1.807, 2.05) is 59.3 Å². The molecule has 0 atom stereocenters. The van der Waals surface area contributed by atoms with Gasteiger partial charge in [-0.25, -0.2) is 0 Å². The Hall–Kier alpha value is -2.87. The Morgan fingerprint density at radius 1 is 1.00 bits per heavy atom. The number of benzene rings is 2. The third kappa shape index (κ3) is 4.44. The van der Waals surface area contributed by atoms with Crippen molar-refractivity contribution in [3.05, 3.63) is 93.5 Å². The van der Waals surface area contributed by atoms with E-state index in [1.54, 1.807) is 19.2 Å². The first kappa shape index (κ1) is 21.4. The Bertz CT molecular complexity index is 1410. The van der Waals surface area contributed by atoms with Gasteiger partial charge in [0.05, 0.1) is 11.9 Å². The van der Waals surface area contributed by atoms with Crippen LogP contribution in [-0.2, 0) is 34.5 Å². The molecule has 0 aliphatic heterocycles. The van der Waals surface area contributed by atoms with Crippen LogP contribution in [0.4, 0.5) is 0 Å². The number of hydrogen-bond acceptors (Lipinski definition) is 4. The fraction of sp³-hybridized carbons (Fsp3) is 0.174. The average molecular weight is 457 g/mol. The monoisotopic (exact) mass is 456 g/mol. The van der Waals surface area contributed by atoms with E-state index in [9.17, 15) is 13.2 Å². The van der Waals surface area contributed by atoms with Crippen molar-refractivity contribution >= 4 is 32.6 Å². The summed E-state index contributed by atoms with van der Waals surface area (Å²) >= 11 is 6.07. The molecule has 2 aromatic carbocycles. The van der Waals surface area contributed by atoms with Crippen molar-refractivity contribution in [2.45, 2.75) is 13.2 Å². The molecule has 0 spiro atoms. The molecule has 160 valence electrons. The van der Waals surface area contributed by atoms with Gasteiger partial charge in [-0.05, 0) is 29.3 Å². The molecular weight excluding hydrogens is 436 g/mol. The molecule has 31 heavy (non-hydrogen) atoms. The second kappa shape index (κ2) is 8.34. The number of halogens is 1. The van der Waals surface area contributed by atoms with Gasteiger partial charge in [-0.2, -0.15) is 8.42 Å². The predicted molar refractivity (Wildman–Crippen MR) is 123 cm³/mol. The molecule has 0 unspecified atom stereocenters. The van der Waals surface area contributed by atoms with E-state index in [2.05, 4.69) is 0 Å². The summed E-state index contributed by atoms with van der Waals surface area (Å²) in [5.74, 6) is 0. The van der Waals surface area contributed by atoms with Crippen molar-refractivity contribution in [2.75, 3.05) is 6.26 Å². The maximum Gasteiger partial charge on any atom is 0.275 e. The van der Waals surface area contributed by atoms with E-state index in [-0.39, 0.29) is 12.2 Å². The topological polar surface area (TPSA) is 70.3 Å². The Balaban J connectivity index is 1.96. The fourth-order valence-electron chi connectivity index (χ4n) is 3.70. The lowest BCUT2D eigenvalue weighted by atomic mass is 10.00. The highest BCUT2D eigenvalue weighted by Gasteiger charge is 2.20. The van der Waals surface area contributed by atoms with Crippen LogP contribution in [-0.4, -0.2) is 23.8 Å². The minimum atomic E-state index is -3.69. The molecule has 0 N–H and O–H groups in total. The Kier molecular flexibility index (Phi) is 5.75. The number of rotatable bonds is 6. The molecule has 4 rings (SSSR count).